The van der Waals surface area contributed by atoms with E-state index in [-0.39, 0.29) is 6.61 Å². The number of piperazine rings is 1. The first-order valence-corrected chi connectivity index (χ1v) is 7.42. The van der Waals surface area contributed by atoms with Gasteiger partial charge in [0.15, 0.2) is 0 Å². The third-order valence-electron chi connectivity index (χ3n) is 4.32. The minimum atomic E-state index is 0.102. The van der Waals surface area contributed by atoms with Crippen LogP contribution in [0.1, 0.15) is 12.5 Å². The smallest absolute Gasteiger partial charge is 0.0687 e. The van der Waals surface area contributed by atoms with Crippen molar-refractivity contribution in [3.05, 3.63) is 42.0 Å². The second kappa shape index (κ2) is 5.81. The van der Waals surface area contributed by atoms with Gasteiger partial charge < -0.3 is 14.9 Å². The molecule has 0 saturated carbocycles. The molecule has 3 nitrogen and oxygen atoms in total. The van der Waals surface area contributed by atoms with Gasteiger partial charge in [0.2, 0.25) is 0 Å². The molecule has 0 amide bonds. The first-order valence-electron chi connectivity index (χ1n) is 7.42. The molecule has 2 aromatic carbocycles. The second-order valence-electron chi connectivity index (χ2n) is 5.37. The van der Waals surface area contributed by atoms with Gasteiger partial charge in [0.05, 0.1) is 6.61 Å². The van der Waals surface area contributed by atoms with Gasteiger partial charge in [-0.2, -0.15) is 0 Å². The molecule has 1 aliphatic heterocycles. The summed E-state index contributed by atoms with van der Waals surface area (Å²) in [6.07, 6.45) is 0. The Morgan fingerprint density at radius 1 is 0.950 bits per heavy atom. The zero-order valence-electron chi connectivity index (χ0n) is 12.0. The fourth-order valence-electron chi connectivity index (χ4n) is 3.06. The van der Waals surface area contributed by atoms with Crippen LogP contribution in [0.5, 0.6) is 0 Å². The lowest BCUT2D eigenvalue weighted by Crippen LogP contribution is -2.46. The Morgan fingerprint density at radius 3 is 2.30 bits per heavy atom. The number of rotatable bonds is 3. The zero-order chi connectivity index (χ0) is 13.9. The van der Waals surface area contributed by atoms with E-state index < -0.39 is 0 Å². The topological polar surface area (TPSA) is 26.7 Å². The third kappa shape index (κ3) is 2.39. The number of aliphatic hydroxyl groups excluding tert-OH is 1. The number of aliphatic hydroxyl groups is 1. The summed E-state index contributed by atoms with van der Waals surface area (Å²) in [7, 11) is 0. The van der Waals surface area contributed by atoms with Gasteiger partial charge in [-0.1, -0.05) is 37.3 Å². The lowest BCUT2D eigenvalue weighted by Gasteiger charge is -2.36. The van der Waals surface area contributed by atoms with Crippen LogP contribution in [-0.2, 0) is 6.61 Å². The van der Waals surface area contributed by atoms with Crippen molar-refractivity contribution < 1.29 is 5.11 Å². The maximum absolute atomic E-state index is 9.48. The molecule has 0 aromatic heterocycles. The molecule has 0 bridgehead atoms. The predicted octanol–water partition coefficient (Wildman–Crippen LogP) is 2.47. The number of nitrogens with zero attached hydrogens (tertiary/aromatic N) is 2. The van der Waals surface area contributed by atoms with E-state index in [1.807, 2.05) is 6.07 Å². The SMILES string of the molecule is CCN1CCN(c2ccc(CO)c3ccccc23)CC1. The highest BCUT2D eigenvalue weighted by Gasteiger charge is 2.18. The van der Waals surface area contributed by atoms with Gasteiger partial charge in [0.1, 0.15) is 0 Å². The van der Waals surface area contributed by atoms with Gasteiger partial charge in [-0.05, 0) is 23.6 Å². The number of likely N-dealkylation sites (N-methyl/N-ethyl adjacent to an activating group) is 1. The molecule has 1 N–H and O–H groups in total. The van der Waals surface area contributed by atoms with Crippen LogP contribution in [0.15, 0.2) is 36.4 Å². The molecular formula is C17H22N2O. The van der Waals surface area contributed by atoms with E-state index in [0.29, 0.717) is 0 Å². The van der Waals surface area contributed by atoms with E-state index in [1.165, 1.54) is 16.5 Å². The van der Waals surface area contributed by atoms with Crippen molar-refractivity contribution in [1.82, 2.24) is 4.90 Å². The molecule has 106 valence electrons. The quantitative estimate of drug-likeness (QED) is 0.928. The Hall–Kier alpha value is -1.58. The number of anilines is 1. The average Bonchev–Trinajstić information content (AvgIpc) is 2.54. The molecular weight excluding hydrogens is 248 g/mol. The van der Waals surface area contributed by atoms with Gasteiger partial charge >= 0.3 is 0 Å². The van der Waals surface area contributed by atoms with Crippen LogP contribution < -0.4 is 4.90 Å². The summed E-state index contributed by atoms with van der Waals surface area (Å²) in [4.78, 5) is 4.95. The molecule has 3 rings (SSSR count). The van der Waals surface area contributed by atoms with Crippen molar-refractivity contribution in [3.8, 4) is 0 Å². The fourth-order valence-corrected chi connectivity index (χ4v) is 3.06. The van der Waals surface area contributed by atoms with Crippen LogP contribution in [0.3, 0.4) is 0 Å². The Balaban J connectivity index is 1.96. The summed E-state index contributed by atoms with van der Waals surface area (Å²) in [5, 5.41) is 11.9. The minimum Gasteiger partial charge on any atom is -0.392 e. The van der Waals surface area contributed by atoms with Gasteiger partial charge in [0, 0.05) is 37.3 Å². The summed E-state index contributed by atoms with van der Waals surface area (Å²) in [5.74, 6) is 0. The lowest BCUT2D eigenvalue weighted by molar-refractivity contribution is 0.271. The van der Waals surface area contributed by atoms with Crippen molar-refractivity contribution in [2.24, 2.45) is 0 Å². The van der Waals surface area contributed by atoms with Crippen molar-refractivity contribution >= 4 is 16.5 Å². The maximum atomic E-state index is 9.48. The maximum Gasteiger partial charge on any atom is 0.0687 e. The molecule has 3 heteroatoms. The average molecular weight is 270 g/mol. The van der Waals surface area contributed by atoms with Crippen molar-refractivity contribution in [2.75, 3.05) is 37.6 Å². The van der Waals surface area contributed by atoms with E-state index in [0.717, 1.165) is 38.3 Å². The van der Waals surface area contributed by atoms with Gasteiger partial charge in [-0.15, -0.1) is 0 Å². The molecule has 0 spiro atoms. The second-order valence-corrected chi connectivity index (χ2v) is 5.37. The number of fused-ring (bicyclic) bond motifs is 1. The lowest BCUT2D eigenvalue weighted by atomic mass is 10.0. The monoisotopic (exact) mass is 270 g/mol. The number of hydrogen-bond donors (Lipinski definition) is 1. The normalized spacial score (nSPS) is 16.8. The fraction of sp³-hybridized carbons (Fsp3) is 0.412. The van der Waals surface area contributed by atoms with Crippen LogP contribution in [-0.4, -0.2) is 42.7 Å². The van der Waals surface area contributed by atoms with E-state index in [1.54, 1.807) is 0 Å². The van der Waals surface area contributed by atoms with Crippen LogP contribution in [0.25, 0.3) is 10.8 Å². The third-order valence-corrected chi connectivity index (χ3v) is 4.32. The highest BCUT2D eigenvalue weighted by atomic mass is 16.3. The molecule has 0 atom stereocenters. The molecule has 0 aliphatic carbocycles. The van der Waals surface area contributed by atoms with E-state index in [4.69, 9.17) is 0 Å². The largest absolute Gasteiger partial charge is 0.392 e. The molecule has 20 heavy (non-hydrogen) atoms. The first-order chi connectivity index (χ1) is 9.83. The van der Waals surface area contributed by atoms with Crippen molar-refractivity contribution in [2.45, 2.75) is 13.5 Å². The molecule has 1 fully saturated rings. The Labute approximate surface area is 120 Å². The Morgan fingerprint density at radius 2 is 1.65 bits per heavy atom. The zero-order valence-corrected chi connectivity index (χ0v) is 12.0. The van der Waals surface area contributed by atoms with Gasteiger partial charge in [-0.3, -0.25) is 0 Å². The van der Waals surface area contributed by atoms with Crippen LogP contribution in [0, 0.1) is 0 Å². The van der Waals surface area contributed by atoms with Crippen LogP contribution in [0.4, 0.5) is 5.69 Å². The van der Waals surface area contributed by atoms with Crippen LogP contribution >= 0.6 is 0 Å². The van der Waals surface area contributed by atoms with E-state index >= 15 is 0 Å². The summed E-state index contributed by atoms with van der Waals surface area (Å²) in [5.41, 5.74) is 2.31. The Kier molecular flexibility index (Phi) is 3.90. The molecule has 1 heterocycles. The Bertz CT molecular complexity index is 589. The standard InChI is InChI=1S/C17H22N2O/c1-2-18-9-11-19(12-10-18)17-8-7-14(13-20)15-5-3-4-6-16(15)17/h3-8,20H,2,9-13H2,1H3. The summed E-state index contributed by atoms with van der Waals surface area (Å²) < 4.78 is 0. The summed E-state index contributed by atoms with van der Waals surface area (Å²) in [6.45, 7) is 7.88. The first kappa shape index (κ1) is 13.4. The van der Waals surface area contributed by atoms with Gasteiger partial charge in [0.25, 0.3) is 0 Å². The summed E-state index contributed by atoms with van der Waals surface area (Å²) in [6, 6.07) is 12.6. The summed E-state index contributed by atoms with van der Waals surface area (Å²) >= 11 is 0. The highest BCUT2D eigenvalue weighted by Crippen LogP contribution is 2.30. The predicted molar refractivity (Wildman–Crippen MR) is 84.2 cm³/mol. The van der Waals surface area contributed by atoms with Crippen molar-refractivity contribution in [3.63, 3.8) is 0 Å². The van der Waals surface area contributed by atoms with Crippen molar-refractivity contribution in [1.29, 1.82) is 0 Å². The van der Waals surface area contributed by atoms with E-state index in [2.05, 4.69) is 47.1 Å². The number of benzene rings is 2. The molecule has 0 radical (unpaired) electrons. The molecule has 0 unspecified atom stereocenters. The highest BCUT2D eigenvalue weighted by molar-refractivity contribution is 5.96. The molecule has 2 aromatic rings. The number of hydrogen-bond acceptors (Lipinski definition) is 3. The van der Waals surface area contributed by atoms with Crippen LogP contribution in [0.2, 0.25) is 0 Å². The molecule has 1 saturated heterocycles. The van der Waals surface area contributed by atoms with Gasteiger partial charge in [-0.25, -0.2) is 0 Å². The van der Waals surface area contributed by atoms with E-state index in [9.17, 15) is 5.11 Å². The molecule has 1 aliphatic rings. The minimum absolute atomic E-state index is 0.102.